The Morgan fingerprint density at radius 1 is 1.29 bits per heavy atom. The molecule has 4 rings (SSSR count). The van der Waals surface area contributed by atoms with Gasteiger partial charge in [-0.1, -0.05) is 0 Å². The molecular formula is C16H23N5. The van der Waals surface area contributed by atoms with Crippen LogP contribution >= 0.6 is 0 Å². The van der Waals surface area contributed by atoms with Crippen LogP contribution in [0.4, 0.5) is 5.82 Å². The number of aromatic nitrogens is 3. The van der Waals surface area contributed by atoms with Gasteiger partial charge in [0.15, 0.2) is 5.65 Å². The summed E-state index contributed by atoms with van der Waals surface area (Å²) in [6, 6.07) is 6.37. The number of hydrogen-bond acceptors (Lipinski definition) is 4. The van der Waals surface area contributed by atoms with Gasteiger partial charge in [0.05, 0.1) is 0 Å². The van der Waals surface area contributed by atoms with E-state index >= 15 is 0 Å². The van der Waals surface area contributed by atoms with Gasteiger partial charge in [-0.15, -0.1) is 0 Å². The van der Waals surface area contributed by atoms with Gasteiger partial charge in [-0.3, -0.25) is 0 Å². The molecule has 21 heavy (non-hydrogen) atoms. The van der Waals surface area contributed by atoms with E-state index in [-0.39, 0.29) is 0 Å². The summed E-state index contributed by atoms with van der Waals surface area (Å²) >= 11 is 0. The lowest BCUT2D eigenvalue weighted by molar-refractivity contribution is 0.347. The van der Waals surface area contributed by atoms with Crippen molar-refractivity contribution in [3.63, 3.8) is 0 Å². The van der Waals surface area contributed by atoms with E-state index in [4.69, 9.17) is 0 Å². The molecule has 0 aliphatic carbocycles. The number of aryl methyl sites for hydroxylation is 1. The van der Waals surface area contributed by atoms with Crippen LogP contribution in [-0.4, -0.2) is 39.3 Å². The highest BCUT2D eigenvalue weighted by Crippen LogP contribution is 2.32. The highest BCUT2D eigenvalue weighted by molar-refractivity contribution is 5.53. The normalized spacial score (nSPS) is 28.2. The largest absolute Gasteiger partial charge is 0.354 e. The Hall–Kier alpha value is -1.62. The third-order valence-corrected chi connectivity index (χ3v) is 5.03. The molecule has 0 spiro atoms. The summed E-state index contributed by atoms with van der Waals surface area (Å²) in [6.07, 6.45) is 6.82. The Bertz CT molecular complexity index is 637. The van der Waals surface area contributed by atoms with Crippen molar-refractivity contribution in [1.82, 2.24) is 19.9 Å². The van der Waals surface area contributed by atoms with Gasteiger partial charge in [0.1, 0.15) is 12.1 Å². The molecule has 0 amide bonds. The van der Waals surface area contributed by atoms with Gasteiger partial charge >= 0.3 is 0 Å². The molecule has 0 saturated carbocycles. The van der Waals surface area contributed by atoms with E-state index < -0.39 is 0 Å². The lowest BCUT2D eigenvalue weighted by Crippen LogP contribution is -2.48. The number of anilines is 1. The first-order valence-electron chi connectivity index (χ1n) is 8.07. The lowest BCUT2D eigenvalue weighted by atomic mass is 9.98. The molecule has 5 heteroatoms. The van der Waals surface area contributed by atoms with E-state index in [0.717, 1.165) is 12.2 Å². The summed E-state index contributed by atoms with van der Waals surface area (Å²) in [7, 11) is 0. The Morgan fingerprint density at radius 3 is 2.76 bits per heavy atom. The molecule has 2 unspecified atom stereocenters. The molecule has 1 N–H and O–H groups in total. The lowest BCUT2D eigenvalue weighted by Gasteiger charge is -2.38. The van der Waals surface area contributed by atoms with Crippen molar-refractivity contribution in [3.8, 4) is 0 Å². The van der Waals surface area contributed by atoms with E-state index in [9.17, 15) is 0 Å². The summed E-state index contributed by atoms with van der Waals surface area (Å²) in [5.41, 5.74) is 2.20. The van der Waals surface area contributed by atoms with Crippen LogP contribution in [0.15, 0.2) is 18.5 Å². The van der Waals surface area contributed by atoms with E-state index in [1.807, 2.05) is 4.52 Å². The smallest absolute Gasteiger partial charge is 0.157 e. The van der Waals surface area contributed by atoms with Crippen molar-refractivity contribution in [1.29, 1.82) is 0 Å². The number of hydrogen-bond donors (Lipinski definition) is 1. The second-order valence-electron chi connectivity index (χ2n) is 6.47. The zero-order chi connectivity index (χ0) is 14.4. The second kappa shape index (κ2) is 4.98. The van der Waals surface area contributed by atoms with Gasteiger partial charge in [0.25, 0.3) is 0 Å². The Balaban J connectivity index is 1.72. The monoisotopic (exact) mass is 285 g/mol. The van der Waals surface area contributed by atoms with Crippen LogP contribution in [0.5, 0.6) is 0 Å². The summed E-state index contributed by atoms with van der Waals surface area (Å²) in [5, 5.41) is 8.16. The number of piperidine rings is 1. The van der Waals surface area contributed by atoms with Crippen molar-refractivity contribution in [3.05, 3.63) is 24.0 Å². The minimum atomic E-state index is 0.614. The molecule has 2 aromatic heterocycles. The highest BCUT2D eigenvalue weighted by atomic mass is 15.4. The van der Waals surface area contributed by atoms with Crippen molar-refractivity contribution in [2.45, 2.75) is 57.7 Å². The third-order valence-electron chi connectivity index (χ3n) is 5.03. The number of pyridine rings is 1. The van der Waals surface area contributed by atoms with Crippen LogP contribution in [-0.2, 0) is 0 Å². The van der Waals surface area contributed by atoms with Crippen LogP contribution < -0.4 is 10.2 Å². The van der Waals surface area contributed by atoms with Crippen molar-refractivity contribution in [2.75, 3.05) is 11.4 Å². The van der Waals surface area contributed by atoms with E-state index in [1.165, 1.54) is 37.1 Å². The zero-order valence-electron chi connectivity index (χ0n) is 12.8. The van der Waals surface area contributed by atoms with Crippen LogP contribution in [0.2, 0.25) is 0 Å². The Labute approximate surface area is 125 Å². The zero-order valence-corrected chi connectivity index (χ0v) is 12.8. The standard InChI is InChI=1S/C16H23N5/c1-3-20(14-8-12-4-5-13(9-14)19-12)16-7-11(2)6-15-17-10-18-21(15)16/h6-7,10,12-14,19H,3-5,8-9H2,1-2H3. The van der Waals surface area contributed by atoms with E-state index in [0.29, 0.717) is 18.1 Å². The molecule has 2 aromatic rings. The third kappa shape index (κ3) is 2.20. The fourth-order valence-corrected chi connectivity index (χ4v) is 4.13. The average Bonchev–Trinajstić information content (AvgIpc) is 3.06. The second-order valence-corrected chi connectivity index (χ2v) is 6.47. The van der Waals surface area contributed by atoms with Gasteiger partial charge in [0, 0.05) is 24.7 Å². The summed E-state index contributed by atoms with van der Waals surface area (Å²) in [4.78, 5) is 6.89. The number of nitrogens with one attached hydrogen (secondary N) is 1. The van der Waals surface area contributed by atoms with Crippen molar-refractivity contribution < 1.29 is 0 Å². The van der Waals surface area contributed by atoms with Crippen LogP contribution in [0, 0.1) is 6.92 Å². The molecule has 4 heterocycles. The molecule has 5 nitrogen and oxygen atoms in total. The van der Waals surface area contributed by atoms with Gasteiger partial charge < -0.3 is 10.2 Å². The molecule has 0 radical (unpaired) electrons. The number of fused-ring (bicyclic) bond motifs is 3. The van der Waals surface area contributed by atoms with Gasteiger partial charge in [0.2, 0.25) is 0 Å². The fourth-order valence-electron chi connectivity index (χ4n) is 4.13. The topological polar surface area (TPSA) is 45.5 Å². The molecule has 2 atom stereocenters. The Kier molecular flexibility index (Phi) is 3.10. The molecule has 2 aliphatic heterocycles. The van der Waals surface area contributed by atoms with Gasteiger partial charge in [-0.05, 0) is 57.2 Å². The predicted molar refractivity (Wildman–Crippen MR) is 83.7 cm³/mol. The van der Waals surface area contributed by atoms with E-state index in [2.05, 4.69) is 46.3 Å². The summed E-state index contributed by atoms with van der Waals surface area (Å²) in [5.74, 6) is 1.19. The number of rotatable bonds is 3. The minimum Gasteiger partial charge on any atom is -0.354 e. The maximum atomic E-state index is 4.43. The first-order valence-corrected chi connectivity index (χ1v) is 8.07. The summed E-state index contributed by atoms with van der Waals surface area (Å²) < 4.78 is 1.99. The summed E-state index contributed by atoms with van der Waals surface area (Å²) in [6.45, 7) is 5.40. The van der Waals surface area contributed by atoms with E-state index in [1.54, 1.807) is 6.33 Å². The highest BCUT2D eigenvalue weighted by Gasteiger charge is 2.36. The van der Waals surface area contributed by atoms with Gasteiger partial charge in [-0.2, -0.15) is 9.61 Å². The maximum absolute atomic E-state index is 4.43. The Morgan fingerprint density at radius 2 is 2.05 bits per heavy atom. The van der Waals surface area contributed by atoms with Crippen molar-refractivity contribution in [2.24, 2.45) is 0 Å². The SMILES string of the molecule is CCN(c1cc(C)cc2ncnn12)C1CC2CCC(C1)N2. The molecule has 112 valence electrons. The molecule has 0 aromatic carbocycles. The maximum Gasteiger partial charge on any atom is 0.157 e. The van der Waals surface area contributed by atoms with Crippen LogP contribution in [0.25, 0.3) is 5.65 Å². The molecule has 2 aliphatic rings. The predicted octanol–water partition coefficient (Wildman–Crippen LogP) is 2.15. The van der Waals surface area contributed by atoms with Crippen molar-refractivity contribution >= 4 is 11.5 Å². The van der Waals surface area contributed by atoms with Gasteiger partial charge in [-0.25, -0.2) is 4.98 Å². The van der Waals surface area contributed by atoms with Crippen LogP contribution in [0.1, 0.15) is 38.2 Å². The quantitative estimate of drug-likeness (QED) is 0.938. The molecule has 2 fully saturated rings. The molecular weight excluding hydrogens is 262 g/mol. The average molecular weight is 285 g/mol. The van der Waals surface area contributed by atoms with Crippen LogP contribution in [0.3, 0.4) is 0 Å². The first kappa shape index (κ1) is 13.1. The molecule has 2 bridgehead atoms. The first-order chi connectivity index (χ1) is 10.2. The number of nitrogens with zero attached hydrogens (tertiary/aromatic N) is 4. The minimum absolute atomic E-state index is 0.614. The fraction of sp³-hybridized carbons (Fsp3) is 0.625. The molecule has 2 saturated heterocycles.